The Balaban J connectivity index is 1.67. The standard InChI is InChI=1S/C21H22N4O3/c1-14-7-8-17-19(26)18(11-23-20(17)24-14)21(27)25(13-16-6-4-10-28-16)12-15-5-2-3-9-22-15/h2-3,5,7-9,11,16H,4,6,10,12-13H2,1H3,(H,23,24,26). The second-order valence-corrected chi connectivity index (χ2v) is 7.02. The molecule has 3 aromatic heterocycles. The van der Waals surface area contributed by atoms with Crippen LogP contribution in [0, 0.1) is 6.92 Å². The van der Waals surface area contributed by atoms with Gasteiger partial charge < -0.3 is 14.6 Å². The summed E-state index contributed by atoms with van der Waals surface area (Å²) in [5, 5.41) is 0.409. The van der Waals surface area contributed by atoms with Crippen LogP contribution in [0.5, 0.6) is 0 Å². The number of carbonyl (C=O) groups is 1. The Hall–Kier alpha value is -3.06. The van der Waals surface area contributed by atoms with Gasteiger partial charge in [-0.25, -0.2) is 4.98 Å². The minimum atomic E-state index is -0.329. The van der Waals surface area contributed by atoms with Gasteiger partial charge in [0.15, 0.2) is 0 Å². The number of aryl methyl sites for hydroxylation is 1. The summed E-state index contributed by atoms with van der Waals surface area (Å²) in [6.45, 7) is 3.31. The van der Waals surface area contributed by atoms with E-state index < -0.39 is 0 Å². The Morgan fingerprint density at radius 1 is 1.32 bits per heavy atom. The van der Waals surface area contributed by atoms with Crippen LogP contribution in [0.15, 0.2) is 47.5 Å². The first-order valence-electron chi connectivity index (χ1n) is 9.41. The Kier molecular flexibility index (Phi) is 5.16. The molecule has 4 rings (SSSR count). The van der Waals surface area contributed by atoms with Crippen LogP contribution in [0.1, 0.15) is 34.6 Å². The Morgan fingerprint density at radius 2 is 2.21 bits per heavy atom. The molecule has 0 saturated carbocycles. The van der Waals surface area contributed by atoms with Crippen molar-refractivity contribution >= 4 is 16.9 Å². The van der Waals surface area contributed by atoms with E-state index in [1.165, 1.54) is 6.20 Å². The Labute approximate surface area is 162 Å². The van der Waals surface area contributed by atoms with Crippen molar-refractivity contribution in [1.82, 2.24) is 19.9 Å². The molecular formula is C21H22N4O3. The molecule has 3 aromatic rings. The smallest absolute Gasteiger partial charge is 0.259 e. The lowest BCUT2D eigenvalue weighted by molar-refractivity contribution is 0.0503. The number of carbonyl (C=O) groups excluding carboxylic acids is 1. The Bertz CT molecular complexity index is 1040. The molecule has 28 heavy (non-hydrogen) atoms. The van der Waals surface area contributed by atoms with Gasteiger partial charge in [0.25, 0.3) is 5.91 Å². The lowest BCUT2D eigenvalue weighted by atomic mass is 10.1. The van der Waals surface area contributed by atoms with Gasteiger partial charge in [0.2, 0.25) is 5.43 Å². The molecule has 0 aromatic carbocycles. The van der Waals surface area contributed by atoms with Crippen LogP contribution in [-0.4, -0.2) is 45.0 Å². The molecule has 0 bridgehead atoms. The van der Waals surface area contributed by atoms with E-state index in [1.807, 2.05) is 25.1 Å². The summed E-state index contributed by atoms with van der Waals surface area (Å²) in [7, 11) is 0. The molecular weight excluding hydrogens is 356 g/mol. The molecule has 144 valence electrons. The van der Waals surface area contributed by atoms with Crippen molar-refractivity contribution in [2.24, 2.45) is 0 Å². The second-order valence-electron chi connectivity index (χ2n) is 7.02. The fourth-order valence-electron chi connectivity index (χ4n) is 3.47. The highest BCUT2D eigenvalue weighted by Gasteiger charge is 2.26. The van der Waals surface area contributed by atoms with Crippen molar-refractivity contribution in [2.75, 3.05) is 13.2 Å². The molecule has 0 spiro atoms. The number of ether oxygens (including phenoxy) is 1. The van der Waals surface area contributed by atoms with Crippen LogP contribution in [0.25, 0.3) is 11.0 Å². The number of amides is 1. The number of nitrogens with zero attached hydrogens (tertiary/aromatic N) is 3. The van der Waals surface area contributed by atoms with Crippen molar-refractivity contribution in [3.05, 3.63) is 69.9 Å². The summed E-state index contributed by atoms with van der Waals surface area (Å²) in [5.41, 5.74) is 1.84. The molecule has 1 aliphatic rings. The van der Waals surface area contributed by atoms with Gasteiger partial charge in [-0.1, -0.05) is 6.07 Å². The molecule has 1 unspecified atom stereocenters. The highest BCUT2D eigenvalue weighted by molar-refractivity contribution is 5.96. The van der Waals surface area contributed by atoms with Gasteiger partial charge in [-0.3, -0.25) is 14.6 Å². The predicted molar refractivity (Wildman–Crippen MR) is 105 cm³/mol. The third kappa shape index (κ3) is 3.80. The van der Waals surface area contributed by atoms with Crippen molar-refractivity contribution in [1.29, 1.82) is 0 Å². The first-order valence-corrected chi connectivity index (χ1v) is 9.41. The SMILES string of the molecule is Cc1ccc2c(=O)c(C(=O)N(Cc3ccccn3)CC3CCCO3)c[nH]c2n1. The van der Waals surface area contributed by atoms with Crippen LogP contribution in [0.2, 0.25) is 0 Å². The number of fused-ring (bicyclic) bond motifs is 1. The maximum absolute atomic E-state index is 13.3. The molecule has 7 nitrogen and oxygen atoms in total. The number of nitrogens with one attached hydrogen (secondary N) is 1. The van der Waals surface area contributed by atoms with Crippen molar-refractivity contribution in [3.8, 4) is 0 Å². The lowest BCUT2D eigenvalue weighted by Gasteiger charge is -2.25. The second kappa shape index (κ2) is 7.90. The van der Waals surface area contributed by atoms with E-state index in [1.54, 1.807) is 23.2 Å². The van der Waals surface area contributed by atoms with E-state index in [2.05, 4.69) is 15.0 Å². The summed E-state index contributed by atoms with van der Waals surface area (Å²) in [5.74, 6) is -0.329. The van der Waals surface area contributed by atoms with Crippen molar-refractivity contribution in [3.63, 3.8) is 0 Å². The largest absolute Gasteiger partial charge is 0.376 e. The summed E-state index contributed by atoms with van der Waals surface area (Å²) in [6, 6.07) is 9.06. The van der Waals surface area contributed by atoms with Crippen LogP contribution in [0.4, 0.5) is 0 Å². The van der Waals surface area contributed by atoms with Crippen LogP contribution in [0.3, 0.4) is 0 Å². The zero-order chi connectivity index (χ0) is 19.5. The molecule has 0 aliphatic carbocycles. The topological polar surface area (TPSA) is 88.2 Å². The zero-order valence-electron chi connectivity index (χ0n) is 15.7. The molecule has 1 amide bonds. The molecule has 1 fully saturated rings. The minimum Gasteiger partial charge on any atom is -0.376 e. The maximum Gasteiger partial charge on any atom is 0.259 e. The number of pyridine rings is 3. The number of aromatic nitrogens is 3. The molecule has 7 heteroatoms. The number of hydrogen-bond donors (Lipinski definition) is 1. The van der Waals surface area contributed by atoms with Crippen molar-refractivity contribution < 1.29 is 9.53 Å². The van der Waals surface area contributed by atoms with E-state index in [-0.39, 0.29) is 23.0 Å². The molecule has 0 radical (unpaired) electrons. The number of rotatable bonds is 5. The van der Waals surface area contributed by atoms with E-state index in [9.17, 15) is 9.59 Å². The third-order valence-electron chi connectivity index (χ3n) is 4.92. The fourth-order valence-corrected chi connectivity index (χ4v) is 3.47. The van der Waals surface area contributed by atoms with Gasteiger partial charge in [0.05, 0.1) is 23.7 Å². The molecule has 1 aliphatic heterocycles. The first kappa shape index (κ1) is 18.3. The highest BCUT2D eigenvalue weighted by Crippen LogP contribution is 2.17. The Morgan fingerprint density at radius 3 is 2.96 bits per heavy atom. The van der Waals surface area contributed by atoms with E-state index in [0.717, 1.165) is 24.2 Å². The first-order chi connectivity index (χ1) is 13.6. The predicted octanol–water partition coefficient (Wildman–Crippen LogP) is 2.45. The average Bonchev–Trinajstić information content (AvgIpc) is 3.21. The third-order valence-corrected chi connectivity index (χ3v) is 4.92. The van der Waals surface area contributed by atoms with Crippen LogP contribution < -0.4 is 5.43 Å². The average molecular weight is 378 g/mol. The normalized spacial score (nSPS) is 16.4. The van der Waals surface area contributed by atoms with Gasteiger partial charge in [0.1, 0.15) is 11.2 Å². The van der Waals surface area contributed by atoms with Gasteiger partial charge in [0, 0.05) is 31.2 Å². The summed E-state index contributed by atoms with van der Waals surface area (Å²) in [4.78, 5) is 39.5. The summed E-state index contributed by atoms with van der Waals surface area (Å²) < 4.78 is 5.71. The van der Waals surface area contributed by atoms with Gasteiger partial charge in [-0.2, -0.15) is 0 Å². The molecule has 1 atom stereocenters. The minimum absolute atomic E-state index is 0.0171. The van der Waals surface area contributed by atoms with Gasteiger partial charge in [-0.05, 0) is 44.0 Å². The summed E-state index contributed by atoms with van der Waals surface area (Å²) >= 11 is 0. The van der Waals surface area contributed by atoms with E-state index >= 15 is 0 Å². The molecule has 4 heterocycles. The van der Waals surface area contributed by atoms with Crippen molar-refractivity contribution in [2.45, 2.75) is 32.4 Å². The summed E-state index contributed by atoms with van der Waals surface area (Å²) in [6.07, 6.45) is 5.03. The fraction of sp³-hybridized carbons (Fsp3) is 0.333. The monoisotopic (exact) mass is 378 g/mol. The van der Waals surface area contributed by atoms with E-state index in [0.29, 0.717) is 30.7 Å². The molecule has 1 saturated heterocycles. The van der Waals surface area contributed by atoms with Crippen LogP contribution >= 0.6 is 0 Å². The maximum atomic E-state index is 13.3. The van der Waals surface area contributed by atoms with Gasteiger partial charge in [-0.15, -0.1) is 0 Å². The molecule has 1 N–H and O–H groups in total. The highest BCUT2D eigenvalue weighted by atomic mass is 16.5. The van der Waals surface area contributed by atoms with E-state index in [4.69, 9.17) is 4.74 Å². The van der Waals surface area contributed by atoms with Gasteiger partial charge >= 0.3 is 0 Å². The van der Waals surface area contributed by atoms with Crippen LogP contribution in [-0.2, 0) is 11.3 Å². The zero-order valence-corrected chi connectivity index (χ0v) is 15.7. The lowest BCUT2D eigenvalue weighted by Crippen LogP contribution is -2.39. The number of hydrogen-bond acceptors (Lipinski definition) is 5. The number of aromatic amines is 1. The number of H-pyrrole nitrogens is 1. The quantitative estimate of drug-likeness (QED) is 0.737.